The van der Waals surface area contributed by atoms with Gasteiger partial charge in [0.05, 0.1) is 5.56 Å². The summed E-state index contributed by atoms with van der Waals surface area (Å²) in [7, 11) is 0. The Balaban J connectivity index is 1.20. The van der Waals surface area contributed by atoms with Gasteiger partial charge in [-0.25, -0.2) is 14.4 Å². The highest BCUT2D eigenvalue weighted by Crippen LogP contribution is 2.39. The Morgan fingerprint density at radius 2 is 1.33 bits per heavy atom. The molecule has 0 fully saturated rings. The second kappa shape index (κ2) is 13.9. The van der Waals surface area contributed by atoms with Gasteiger partial charge in [-0.2, -0.15) is 13.2 Å². The summed E-state index contributed by atoms with van der Waals surface area (Å²) in [6, 6.07) is 13.2. The lowest BCUT2D eigenvalue weighted by Crippen LogP contribution is -2.25. The predicted molar refractivity (Wildman–Crippen MR) is 160 cm³/mol. The molecule has 0 saturated carbocycles. The molecule has 46 heavy (non-hydrogen) atoms. The van der Waals surface area contributed by atoms with E-state index in [0.717, 1.165) is 40.5 Å². The summed E-state index contributed by atoms with van der Waals surface area (Å²) in [5, 5.41) is 0. The fourth-order valence-corrected chi connectivity index (χ4v) is 5.51. The van der Waals surface area contributed by atoms with Gasteiger partial charge in [-0.15, -0.1) is 0 Å². The zero-order valence-electron chi connectivity index (χ0n) is 24.8. The first kappa shape index (κ1) is 32.3. The molecular formula is C35H31F3O8. The van der Waals surface area contributed by atoms with Crippen molar-refractivity contribution >= 4 is 17.9 Å². The number of carbonyl (C=O) groups excluding carboxylic acids is 3. The SMILES string of the molecule is C=CC(=O)OC1CCc2cc(OCOc3ccc(OC(=O)c4ccc5c(c4)CCC(OC(=O)C=C)C5)cc3C(F)(F)F)ccc2C1. The number of benzene rings is 3. The van der Waals surface area contributed by atoms with Gasteiger partial charge in [-0.05, 0) is 90.4 Å². The lowest BCUT2D eigenvalue weighted by Gasteiger charge is -2.24. The van der Waals surface area contributed by atoms with E-state index in [1.54, 1.807) is 24.3 Å². The average molecular weight is 637 g/mol. The summed E-state index contributed by atoms with van der Waals surface area (Å²) in [6.45, 7) is 6.30. The van der Waals surface area contributed by atoms with Crippen molar-refractivity contribution < 1.29 is 51.2 Å². The maximum Gasteiger partial charge on any atom is 0.420 e. The molecule has 0 aliphatic heterocycles. The molecule has 0 aromatic heterocycles. The van der Waals surface area contributed by atoms with Gasteiger partial charge in [0.2, 0.25) is 6.79 Å². The van der Waals surface area contributed by atoms with Crippen LogP contribution in [0.5, 0.6) is 17.2 Å². The molecule has 2 aliphatic rings. The summed E-state index contributed by atoms with van der Waals surface area (Å²) in [4.78, 5) is 35.8. The number of rotatable bonds is 10. The lowest BCUT2D eigenvalue weighted by atomic mass is 9.88. The maximum absolute atomic E-state index is 13.9. The van der Waals surface area contributed by atoms with E-state index in [0.29, 0.717) is 50.3 Å². The first-order chi connectivity index (χ1) is 22.0. The van der Waals surface area contributed by atoms with Gasteiger partial charge < -0.3 is 23.7 Å². The van der Waals surface area contributed by atoms with Gasteiger partial charge in [0.1, 0.15) is 35.0 Å². The van der Waals surface area contributed by atoms with E-state index in [2.05, 4.69) is 13.2 Å². The van der Waals surface area contributed by atoms with E-state index in [-0.39, 0.29) is 23.5 Å². The van der Waals surface area contributed by atoms with Crippen LogP contribution in [0.4, 0.5) is 13.2 Å². The van der Waals surface area contributed by atoms with Crippen LogP contribution >= 0.6 is 0 Å². The third-order valence-corrected chi connectivity index (χ3v) is 7.79. The molecule has 0 bridgehead atoms. The first-order valence-corrected chi connectivity index (χ1v) is 14.6. The van der Waals surface area contributed by atoms with E-state index < -0.39 is 42.2 Å². The van der Waals surface area contributed by atoms with Crippen LogP contribution in [-0.2, 0) is 50.9 Å². The number of hydrogen-bond acceptors (Lipinski definition) is 8. The van der Waals surface area contributed by atoms with Gasteiger partial charge in [0.15, 0.2) is 0 Å². The van der Waals surface area contributed by atoms with Crippen molar-refractivity contribution in [3.8, 4) is 17.2 Å². The third kappa shape index (κ3) is 7.96. The molecule has 0 radical (unpaired) electrons. The smallest absolute Gasteiger partial charge is 0.420 e. The highest BCUT2D eigenvalue weighted by atomic mass is 19.4. The number of aryl methyl sites for hydroxylation is 2. The van der Waals surface area contributed by atoms with Crippen LogP contribution < -0.4 is 14.2 Å². The minimum Gasteiger partial charge on any atom is -0.459 e. The summed E-state index contributed by atoms with van der Waals surface area (Å²) < 4.78 is 68.7. The van der Waals surface area contributed by atoms with Crippen LogP contribution in [0, 0.1) is 0 Å². The summed E-state index contributed by atoms with van der Waals surface area (Å²) in [5.41, 5.74) is 2.81. The molecule has 5 rings (SSSR count). The van der Waals surface area contributed by atoms with Crippen molar-refractivity contribution in [2.45, 2.75) is 56.9 Å². The zero-order chi connectivity index (χ0) is 32.8. The number of esters is 3. The standard InChI is InChI=1S/C35H31F3O8/c1-3-32(39)44-27-11-8-21-15-25(6-5-22(21)17-27)34(41)46-29-13-14-31(30(19-29)35(36,37)38)43-20-42-26-10-7-24-18-28(45-33(40)4-2)12-9-23(24)16-26/h3-7,10,13-16,19,27-28H,1-2,8-9,11-12,17-18,20H2. The Bertz CT molecular complexity index is 1660. The molecule has 0 saturated heterocycles. The fraction of sp³-hybridized carbons (Fsp3) is 0.286. The zero-order valence-corrected chi connectivity index (χ0v) is 24.8. The highest BCUT2D eigenvalue weighted by molar-refractivity contribution is 5.91. The molecule has 8 nitrogen and oxygen atoms in total. The summed E-state index contributed by atoms with van der Waals surface area (Å²) in [5.74, 6) is -2.17. The van der Waals surface area contributed by atoms with Crippen LogP contribution in [0.15, 0.2) is 79.9 Å². The van der Waals surface area contributed by atoms with Crippen LogP contribution in [0.3, 0.4) is 0 Å². The van der Waals surface area contributed by atoms with E-state index in [9.17, 15) is 27.6 Å². The van der Waals surface area contributed by atoms with Crippen LogP contribution in [0.1, 0.15) is 51.0 Å². The third-order valence-electron chi connectivity index (χ3n) is 7.79. The quantitative estimate of drug-likeness (QED) is 0.108. The molecule has 2 aliphatic carbocycles. The van der Waals surface area contributed by atoms with Gasteiger partial charge >= 0.3 is 24.1 Å². The van der Waals surface area contributed by atoms with Crippen LogP contribution in [0.25, 0.3) is 0 Å². The molecule has 3 aromatic rings. The molecule has 240 valence electrons. The van der Waals surface area contributed by atoms with Gasteiger partial charge in [-0.1, -0.05) is 25.3 Å². The molecule has 11 heteroatoms. The Kier molecular flexibility index (Phi) is 9.79. The fourth-order valence-electron chi connectivity index (χ4n) is 5.51. The average Bonchev–Trinajstić information content (AvgIpc) is 3.04. The Morgan fingerprint density at radius 1 is 0.739 bits per heavy atom. The van der Waals surface area contributed by atoms with E-state index >= 15 is 0 Å². The van der Waals surface area contributed by atoms with Crippen LogP contribution in [0.2, 0.25) is 0 Å². The number of carbonyl (C=O) groups is 3. The molecule has 2 unspecified atom stereocenters. The van der Waals surface area contributed by atoms with Crippen molar-refractivity contribution in [1.82, 2.24) is 0 Å². The van der Waals surface area contributed by atoms with Crippen molar-refractivity contribution in [3.63, 3.8) is 0 Å². The highest BCUT2D eigenvalue weighted by Gasteiger charge is 2.35. The Labute approximate surface area is 263 Å². The van der Waals surface area contributed by atoms with Crippen molar-refractivity contribution in [2.24, 2.45) is 0 Å². The van der Waals surface area contributed by atoms with Crippen LogP contribution in [-0.4, -0.2) is 36.9 Å². The molecule has 0 N–H and O–H groups in total. The summed E-state index contributed by atoms with van der Waals surface area (Å²) in [6.07, 6.45) is 0.274. The number of halogens is 3. The number of alkyl halides is 3. The predicted octanol–water partition coefficient (Wildman–Crippen LogP) is 6.51. The van der Waals surface area contributed by atoms with Crippen molar-refractivity contribution in [3.05, 3.63) is 113 Å². The molecular weight excluding hydrogens is 605 g/mol. The molecule has 3 aromatic carbocycles. The molecule has 0 spiro atoms. The monoisotopic (exact) mass is 636 g/mol. The minimum atomic E-state index is -4.80. The van der Waals surface area contributed by atoms with E-state index in [1.807, 2.05) is 6.07 Å². The topological polar surface area (TPSA) is 97.4 Å². The van der Waals surface area contributed by atoms with Gasteiger partial charge in [0.25, 0.3) is 0 Å². The minimum absolute atomic E-state index is 0.181. The first-order valence-electron chi connectivity index (χ1n) is 14.6. The van der Waals surface area contributed by atoms with Crippen molar-refractivity contribution in [2.75, 3.05) is 6.79 Å². The molecule has 0 heterocycles. The second-order valence-electron chi connectivity index (χ2n) is 10.9. The Morgan fingerprint density at radius 3 is 1.93 bits per heavy atom. The normalized spacial score (nSPS) is 17.0. The maximum atomic E-state index is 13.9. The molecule has 0 amide bonds. The largest absolute Gasteiger partial charge is 0.459 e. The van der Waals surface area contributed by atoms with Crippen molar-refractivity contribution in [1.29, 1.82) is 0 Å². The lowest BCUT2D eigenvalue weighted by molar-refractivity contribution is -0.144. The second-order valence-corrected chi connectivity index (χ2v) is 10.9. The number of ether oxygens (including phenoxy) is 5. The number of hydrogen-bond donors (Lipinski definition) is 0. The Hall–Kier alpha value is -5.06. The summed E-state index contributed by atoms with van der Waals surface area (Å²) >= 11 is 0. The van der Waals surface area contributed by atoms with Gasteiger partial charge in [0, 0.05) is 25.0 Å². The van der Waals surface area contributed by atoms with E-state index in [1.165, 1.54) is 12.1 Å². The van der Waals surface area contributed by atoms with Gasteiger partial charge in [-0.3, -0.25) is 0 Å². The molecule has 2 atom stereocenters. The van der Waals surface area contributed by atoms with E-state index in [4.69, 9.17) is 23.7 Å². The number of fused-ring (bicyclic) bond motifs is 2.